The highest BCUT2D eigenvalue weighted by atomic mass is 16.7. The highest BCUT2D eigenvalue weighted by molar-refractivity contribution is 5.56. The summed E-state index contributed by atoms with van der Waals surface area (Å²) in [5.41, 5.74) is 0. The van der Waals surface area contributed by atoms with E-state index in [1.807, 2.05) is 13.8 Å². The fourth-order valence-corrected chi connectivity index (χ4v) is 2.89. The summed E-state index contributed by atoms with van der Waals surface area (Å²) in [6.45, 7) is 5.08. The first-order chi connectivity index (χ1) is 7.81. The van der Waals surface area contributed by atoms with Gasteiger partial charge in [-0.2, -0.15) is 0 Å². The van der Waals surface area contributed by atoms with Crippen molar-refractivity contribution in [2.75, 3.05) is 13.2 Å². The monoisotopic (exact) mass is 228 g/mol. The average molecular weight is 228 g/mol. The Labute approximate surface area is 96.2 Å². The molecule has 2 bridgehead atoms. The van der Waals surface area contributed by atoms with Crippen molar-refractivity contribution in [3.63, 3.8) is 0 Å². The first kappa shape index (κ1) is 12.0. The second-order valence-electron chi connectivity index (χ2n) is 4.36. The van der Waals surface area contributed by atoms with Crippen molar-refractivity contribution in [1.82, 2.24) is 0 Å². The molecule has 92 valence electrons. The summed E-state index contributed by atoms with van der Waals surface area (Å²) in [5.74, 6) is 0.0259. The number of rotatable bonds is 6. The molecule has 0 aromatic rings. The Morgan fingerprint density at radius 2 is 1.88 bits per heavy atom. The summed E-state index contributed by atoms with van der Waals surface area (Å²) in [6.07, 6.45) is 2.98. The lowest BCUT2D eigenvalue weighted by Crippen LogP contribution is -2.40. The van der Waals surface area contributed by atoms with Crippen LogP contribution in [0.25, 0.3) is 0 Å². The molecule has 4 nitrogen and oxygen atoms in total. The quantitative estimate of drug-likeness (QED) is 0.509. The molecule has 0 unspecified atom stereocenters. The molecule has 0 aliphatic carbocycles. The maximum atomic E-state index is 11.1. The summed E-state index contributed by atoms with van der Waals surface area (Å²) >= 11 is 0. The Kier molecular flexibility index (Phi) is 3.95. The maximum absolute atomic E-state index is 11.1. The second kappa shape index (κ2) is 5.25. The fourth-order valence-electron chi connectivity index (χ4n) is 2.89. The van der Waals surface area contributed by atoms with Gasteiger partial charge < -0.3 is 19.0 Å². The van der Waals surface area contributed by atoms with Crippen molar-refractivity contribution in [3.05, 3.63) is 0 Å². The lowest BCUT2D eigenvalue weighted by molar-refractivity contribution is -0.183. The molecule has 16 heavy (non-hydrogen) atoms. The van der Waals surface area contributed by atoms with Gasteiger partial charge in [0.15, 0.2) is 6.29 Å². The molecule has 0 spiro atoms. The van der Waals surface area contributed by atoms with Gasteiger partial charge in [0.25, 0.3) is 0 Å². The molecule has 0 amide bonds. The summed E-state index contributed by atoms with van der Waals surface area (Å²) in [5, 5.41) is 0. The van der Waals surface area contributed by atoms with E-state index in [1.165, 1.54) is 0 Å². The number of hydrogen-bond acceptors (Lipinski definition) is 4. The van der Waals surface area contributed by atoms with E-state index in [4.69, 9.17) is 14.2 Å². The summed E-state index contributed by atoms with van der Waals surface area (Å²) in [6, 6.07) is 0. The van der Waals surface area contributed by atoms with Crippen molar-refractivity contribution >= 4 is 6.29 Å². The molecule has 2 saturated heterocycles. The minimum absolute atomic E-state index is 0.0538. The zero-order valence-electron chi connectivity index (χ0n) is 9.93. The Balaban J connectivity index is 2.07. The van der Waals surface area contributed by atoms with Crippen LogP contribution in [0.4, 0.5) is 0 Å². The first-order valence-electron chi connectivity index (χ1n) is 6.15. The molecule has 0 radical (unpaired) electrons. The first-order valence-corrected chi connectivity index (χ1v) is 6.15. The van der Waals surface area contributed by atoms with Crippen molar-refractivity contribution in [2.24, 2.45) is 11.8 Å². The Bertz CT molecular complexity index is 237. The van der Waals surface area contributed by atoms with Gasteiger partial charge in [-0.15, -0.1) is 0 Å². The average Bonchev–Trinajstić information content (AvgIpc) is 2.88. The summed E-state index contributed by atoms with van der Waals surface area (Å²) in [4.78, 5) is 11.1. The Hall–Kier alpha value is -0.450. The molecule has 2 heterocycles. The number of carbonyl (C=O) groups excluding carboxylic acids is 1. The highest BCUT2D eigenvalue weighted by Crippen LogP contribution is 2.44. The molecule has 0 saturated carbocycles. The van der Waals surface area contributed by atoms with E-state index in [1.54, 1.807) is 0 Å². The topological polar surface area (TPSA) is 44.8 Å². The second-order valence-corrected chi connectivity index (χ2v) is 4.36. The van der Waals surface area contributed by atoms with Gasteiger partial charge in [-0.25, -0.2) is 0 Å². The van der Waals surface area contributed by atoms with Crippen LogP contribution in [-0.2, 0) is 19.0 Å². The number of ether oxygens (including phenoxy) is 3. The standard InChI is InChI=1S/C12H20O4/c1-3-14-12(15-4-2)11-8(7-13)9-5-6-10(11)16-9/h7-12H,3-6H2,1-2H3/t8-,9+,10-,11-/m0/s1. The maximum Gasteiger partial charge on any atom is 0.163 e. The zero-order valence-corrected chi connectivity index (χ0v) is 9.93. The predicted octanol–water partition coefficient (Wildman–Crippen LogP) is 1.38. The van der Waals surface area contributed by atoms with Gasteiger partial charge in [-0.1, -0.05) is 0 Å². The van der Waals surface area contributed by atoms with E-state index in [9.17, 15) is 4.79 Å². The van der Waals surface area contributed by atoms with Gasteiger partial charge in [0.2, 0.25) is 0 Å². The number of hydrogen-bond donors (Lipinski definition) is 0. The third-order valence-corrected chi connectivity index (χ3v) is 3.52. The minimum Gasteiger partial charge on any atom is -0.374 e. The van der Waals surface area contributed by atoms with Gasteiger partial charge >= 0.3 is 0 Å². The number of fused-ring (bicyclic) bond motifs is 2. The summed E-state index contributed by atoms with van der Waals surface area (Å²) in [7, 11) is 0. The molecular weight excluding hydrogens is 208 g/mol. The van der Waals surface area contributed by atoms with E-state index >= 15 is 0 Å². The molecule has 2 fully saturated rings. The number of aldehydes is 1. The smallest absolute Gasteiger partial charge is 0.163 e. The fraction of sp³-hybridized carbons (Fsp3) is 0.917. The highest BCUT2D eigenvalue weighted by Gasteiger charge is 2.52. The molecule has 0 N–H and O–H groups in total. The van der Waals surface area contributed by atoms with E-state index < -0.39 is 0 Å². The lowest BCUT2D eigenvalue weighted by atomic mass is 9.79. The minimum atomic E-state index is -0.291. The lowest BCUT2D eigenvalue weighted by Gasteiger charge is -2.31. The Morgan fingerprint density at radius 1 is 1.25 bits per heavy atom. The molecule has 0 aromatic heterocycles. The van der Waals surface area contributed by atoms with Crippen molar-refractivity contribution < 1.29 is 19.0 Å². The van der Waals surface area contributed by atoms with Crippen LogP contribution in [0.1, 0.15) is 26.7 Å². The molecule has 0 aromatic carbocycles. The molecule has 2 aliphatic heterocycles. The Morgan fingerprint density at radius 3 is 2.44 bits per heavy atom. The SMILES string of the molecule is CCOC(OCC)[C@H]1[C@@H](C=O)[C@H]2CC[C@@H]1O2. The van der Waals surface area contributed by atoms with Crippen LogP contribution in [0.2, 0.25) is 0 Å². The zero-order chi connectivity index (χ0) is 11.5. The van der Waals surface area contributed by atoms with Gasteiger partial charge in [-0.3, -0.25) is 0 Å². The molecule has 2 rings (SSSR count). The van der Waals surface area contributed by atoms with Crippen LogP contribution in [0.5, 0.6) is 0 Å². The summed E-state index contributed by atoms with van der Waals surface area (Å²) < 4.78 is 17.0. The van der Waals surface area contributed by atoms with Crippen LogP contribution in [0.3, 0.4) is 0 Å². The normalized spacial score (nSPS) is 37.2. The van der Waals surface area contributed by atoms with Gasteiger partial charge in [-0.05, 0) is 26.7 Å². The van der Waals surface area contributed by atoms with Crippen LogP contribution in [-0.4, -0.2) is 38.0 Å². The molecular formula is C12H20O4. The third kappa shape index (κ3) is 2.01. The van der Waals surface area contributed by atoms with Crippen LogP contribution >= 0.6 is 0 Å². The van der Waals surface area contributed by atoms with E-state index in [0.29, 0.717) is 13.2 Å². The van der Waals surface area contributed by atoms with Crippen molar-refractivity contribution in [3.8, 4) is 0 Å². The predicted molar refractivity (Wildman–Crippen MR) is 58.0 cm³/mol. The molecule has 4 atom stereocenters. The van der Waals surface area contributed by atoms with Crippen molar-refractivity contribution in [2.45, 2.75) is 45.2 Å². The molecule has 2 aliphatic rings. The van der Waals surface area contributed by atoms with Gasteiger partial charge in [0.05, 0.1) is 18.1 Å². The molecule has 4 heteroatoms. The van der Waals surface area contributed by atoms with Crippen LogP contribution < -0.4 is 0 Å². The van der Waals surface area contributed by atoms with Crippen LogP contribution in [0, 0.1) is 11.8 Å². The van der Waals surface area contributed by atoms with Crippen molar-refractivity contribution in [1.29, 1.82) is 0 Å². The largest absolute Gasteiger partial charge is 0.374 e. The van der Waals surface area contributed by atoms with E-state index in [0.717, 1.165) is 19.1 Å². The van der Waals surface area contributed by atoms with Gasteiger partial charge in [0, 0.05) is 19.1 Å². The van der Waals surface area contributed by atoms with E-state index in [2.05, 4.69) is 0 Å². The van der Waals surface area contributed by atoms with Gasteiger partial charge in [0.1, 0.15) is 6.29 Å². The van der Waals surface area contributed by atoms with Crippen LogP contribution in [0.15, 0.2) is 0 Å². The van der Waals surface area contributed by atoms with E-state index in [-0.39, 0.29) is 30.3 Å². The third-order valence-electron chi connectivity index (χ3n) is 3.52. The number of carbonyl (C=O) groups is 1.